The van der Waals surface area contributed by atoms with Crippen LogP contribution in [0.2, 0.25) is 0 Å². The first-order valence-corrected chi connectivity index (χ1v) is 7.76. The van der Waals surface area contributed by atoms with Gasteiger partial charge in [0, 0.05) is 27.1 Å². The maximum atomic E-state index is 11.6. The Hall–Kier alpha value is -1.14. The summed E-state index contributed by atoms with van der Waals surface area (Å²) in [6.07, 6.45) is 0.937. The van der Waals surface area contributed by atoms with E-state index in [1.807, 2.05) is 13.8 Å². The van der Waals surface area contributed by atoms with Crippen molar-refractivity contribution in [2.45, 2.75) is 77.8 Å². The molecule has 4 atom stereocenters. The Bertz CT molecular complexity index is 299. The van der Waals surface area contributed by atoms with Crippen molar-refractivity contribution < 1.29 is 28.5 Å². The second-order valence-electron chi connectivity index (χ2n) is 5.48. The van der Waals surface area contributed by atoms with Crippen LogP contribution in [0.5, 0.6) is 0 Å². The van der Waals surface area contributed by atoms with E-state index in [9.17, 15) is 9.59 Å². The van der Waals surface area contributed by atoms with Gasteiger partial charge in [0.25, 0.3) is 0 Å². The summed E-state index contributed by atoms with van der Waals surface area (Å²) in [4.78, 5) is 23.2. The Morgan fingerprint density at radius 1 is 0.682 bits per heavy atom. The third-order valence-electron chi connectivity index (χ3n) is 3.71. The number of unbranched alkanes of at least 4 members (excludes halogenated alkanes) is 1. The third-order valence-corrected chi connectivity index (χ3v) is 3.71. The molecule has 0 heterocycles. The van der Waals surface area contributed by atoms with Crippen molar-refractivity contribution in [3.05, 3.63) is 0 Å². The van der Waals surface area contributed by atoms with Gasteiger partial charge in [-0.1, -0.05) is 0 Å². The molecule has 0 aromatic rings. The maximum absolute atomic E-state index is 11.6. The summed E-state index contributed by atoms with van der Waals surface area (Å²) in [6.45, 7) is 7.27. The SMILES string of the molecule is COC(C)C(C)OC(=O)CCCCC(=O)OC(C)C(C)OC. The highest BCUT2D eigenvalue weighted by Crippen LogP contribution is 2.09. The number of ether oxygens (including phenoxy) is 4. The molecule has 6 nitrogen and oxygen atoms in total. The van der Waals surface area contributed by atoms with Crippen LogP contribution in [0.4, 0.5) is 0 Å². The van der Waals surface area contributed by atoms with Gasteiger partial charge in [0.15, 0.2) is 0 Å². The number of hydrogen-bond acceptors (Lipinski definition) is 6. The smallest absolute Gasteiger partial charge is 0.306 e. The molecule has 0 aliphatic rings. The highest BCUT2D eigenvalue weighted by atomic mass is 16.6. The van der Waals surface area contributed by atoms with E-state index in [1.165, 1.54) is 0 Å². The fraction of sp³-hybridized carbons (Fsp3) is 0.875. The molecular formula is C16H30O6. The van der Waals surface area contributed by atoms with Crippen LogP contribution in [0, 0.1) is 0 Å². The first-order valence-electron chi connectivity index (χ1n) is 7.76. The van der Waals surface area contributed by atoms with Crippen molar-refractivity contribution in [1.29, 1.82) is 0 Å². The van der Waals surface area contributed by atoms with Gasteiger partial charge < -0.3 is 18.9 Å². The van der Waals surface area contributed by atoms with Crippen LogP contribution in [0.15, 0.2) is 0 Å². The molecule has 0 aromatic heterocycles. The number of rotatable bonds is 11. The summed E-state index contributed by atoms with van der Waals surface area (Å²) in [5.41, 5.74) is 0. The third kappa shape index (κ3) is 9.00. The van der Waals surface area contributed by atoms with Crippen LogP contribution >= 0.6 is 0 Å². The average Bonchev–Trinajstić information content (AvgIpc) is 2.49. The van der Waals surface area contributed by atoms with Gasteiger partial charge in [-0.2, -0.15) is 0 Å². The van der Waals surface area contributed by atoms with Crippen LogP contribution < -0.4 is 0 Å². The largest absolute Gasteiger partial charge is 0.460 e. The van der Waals surface area contributed by atoms with Gasteiger partial charge in [-0.05, 0) is 40.5 Å². The van der Waals surface area contributed by atoms with Crippen molar-refractivity contribution in [1.82, 2.24) is 0 Å². The number of carbonyl (C=O) groups excluding carboxylic acids is 2. The first kappa shape index (κ1) is 20.9. The zero-order chi connectivity index (χ0) is 17.1. The second kappa shape index (κ2) is 11.4. The fourth-order valence-corrected chi connectivity index (χ4v) is 1.65. The van der Waals surface area contributed by atoms with Crippen LogP contribution in [-0.2, 0) is 28.5 Å². The summed E-state index contributed by atoms with van der Waals surface area (Å²) in [5, 5.41) is 0. The molecule has 0 fully saturated rings. The Kier molecular flexibility index (Phi) is 10.8. The predicted molar refractivity (Wildman–Crippen MR) is 82.5 cm³/mol. The maximum Gasteiger partial charge on any atom is 0.306 e. The van der Waals surface area contributed by atoms with E-state index in [-0.39, 0.29) is 49.2 Å². The number of esters is 2. The fourth-order valence-electron chi connectivity index (χ4n) is 1.65. The molecular weight excluding hydrogens is 288 g/mol. The topological polar surface area (TPSA) is 71.1 Å². The van der Waals surface area contributed by atoms with Crippen LogP contribution in [0.1, 0.15) is 53.4 Å². The summed E-state index contributed by atoms with van der Waals surface area (Å²) in [5.74, 6) is -0.544. The van der Waals surface area contributed by atoms with Crippen molar-refractivity contribution in [3.63, 3.8) is 0 Å². The van der Waals surface area contributed by atoms with Gasteiger partial charge in [0.05, 0.1) is 12.2 Å². The number of carbonyl (C=O) groups is 2. The van der Waals surface area contributed by atoms with E-state index in [1.54, 1.807) is 28.1 Å². The van der Waals surface area contributed by atoms with Crippen LogP contribution in [0.25, 0.3) is 0 Å². The molecule has 0 aliphatic heterocycles. The monoisotopic (exact) mass is 318 g/mol. The summed E-state index contributed by atoms with van der Waals surface area (Å²) in [6, 6.07) is 0. The molecule has 0 radical (unpaired) electrons. The lowest BCUT2D eigenvalue weighted by atomic mass is 10.2. The Morgan fingerprint density at radius 3 is 1.27 bits per heavy atom. The average molecular weight is 318 g/mol. The van der Waals surface area contributed by atoms with Gasteiger partial charge in [0.1, 0.15) is 12.2 Å². The minimum absolute atomic E-state index is 0.136. The van der Waals surface area contributed by atoms with E-state index in [2.05, 4.69) is 0 Å². The minimum Gasteiger partial charge on any atom is -0.460 e. The molecule has 0 aromatic carbocycles. The molecule has 6 heteroatoms. The first-order chi connectivity index (χ1) is 10.3. The van der Waals surface area contributed by atoms with E-state index in [4.69, 9.17) is 18.9 Å². The molecule has 0 aliphatic carbocycles. The zero-order valence-corrected chi connectivity index (χ0v) is 14.6. The van der Waals surface area contributed by atoms with Gasteiger partial charge in [0.2, 0.25) is 0 Å². The standard InChI is InChI=1S/C16H30O6/c1-11(19-5)13(3)21-15(17)9-7-8-10-16(18)22-14(4)12(2)20-6/h11-14H,7-10H2,1-6H3. The van der Waals surface area contributed by atoms with Crippen molar-refractivity contribution in [3.8, 4) is 0 Å². The lowest BCUT2D eigenvalue weighted by molar-refractivity contribution is -0.156. The molecule has 0 spiro atoms. The predicted octanol–water partition coefficient (Wildman–Crippen LogP) is 2.48. The van der Waals surface area contributed by atoms with E-state index in [0.29, 0.717) is 12.8 Å². The highest BCUT2D eigenvalue weighted by molar-refractivity contribution is 5.70. The number of methoxy groups -OCH3 is 2. The second-order valence-corrected chi connectivity index (χ2v) is 5.48. The molecule has 0 rings (SSSR count). The Labute approximate surface area is 133 Å². The zero-order valence-electron chi connectivity index (χ0n) is 14.6. The molecule has 0 N–H and O–H groups in total. The normalized spacial score (nSPS) is 16.5. The van der Waals surface area contributed by atoms with Crippen LogP contribution in [-0.4, -0.2) is 50.6 Å². The van der Waals surface area contributed by atoms with E-state index >= 15 is 0 Å². The quantitative estimate of drug-likeness (QED) is 0.430. The van der Waals surface area contributed by atoms with Gasteiger partial charge in [-0.25, -0.2) is 0 Å². The molecule has 0 amide bonds. The number of hydrogen-bond donors (Lipinski definition) is 0. The summed E-state index contributed by atoms with van der Waals surface area (Å²) >= 11 is 0. The Balaban J connectivity index is 3.79. The summed E-state index contributed by atoms with van der Waals surface area (Å²) < 4.78 is 20.6. The van der Waals surface area contributed by atoms with Gasteiger partial charge in [-0.15, -0.1) is 0 Å². The van der Waals surface area contributed by atoms with Crippen molar-refractivity contribution in [2.24, 2.45) is 0 Å². The van der Waals surface area contributed by atoms with Gasteiger partial charge >= 0.3 is 11.9 Å². The summed E-state index contributed by atoms with van der Waals surface area (Å²) in [7, 11) is 3.15. The van der Waals surface area contributed by atoms with E-state index < -0.39 is 0 Å². The molecule has 130 valence electrons. The molecule has 0 saturated heterocycles. The van der Waals surface area contributed by atoms with Crippen LogP contribution in [0.3, 0.4) is 0 Å². The highest BCUT2D eigenvalue weighted by Gasteiger charge is 2.17. The van der Waals surface area contributed by atoms with E-state index in [0.717, 1.165) is 0 Å². The van der Waals surface area contributed by atoms with Crippen molar-refractivity contribution in [2.75, 3.05) is 14.2 Å². The lowest BCUT2D eigenvalue weighted by Crippen LogP contribution is -2.28. The van der Waals surface area contributed by atoms with Gasteiger partial charge in [-0.3, -0.25) is 9.59 Å². The molecule has 0 saturated carbocycles. The molecule has 22 heavy (non-hydrogen) atoms. The minimum atomic E-state index is -0.279. The molecule has 4 unspecified atom stereocenters. The van der Waals surface area contributed by atoms with Crippen molar-refractivity contribution >= 4 is 11.9 Å². The lowest BCUT2D eigenvalue weighted by Gasteiger charge is -2.19. The Morgan fingerprint density at radius 2 is 1.00 bits per heavy atom. The molecule has 0 bridgehead atoms.